The third-order valence-corrected chi connectivity index (χ3v) is 4.40. The van der Waals surface area contributed by atoms with Crippen molar-refractivity contribution in [1.29, 1.82) is 0 Å². The molecular formula is C16H23ClFN. The van der Waals surface area contributed by atoms with Crippen LogP contribution < -0.4 is 5.32 Å². The molecule has 1 aromatic carbocycles. The van der Waals surface area contributed by atoms with E-state index in [0.717, 1.165) is 37.4 Å². The molecule has 0 heterocycles. The molecule has 1 fully saturated rings. The van der Waals surface area contributed by atoms with Gasteiger partial charge >= 0.3 is 0 Å². The molecule has 1 unspecified atom stereocenters. The Morgan fingerprint density at radius 3 is 2.74 bits per heavy atom. The molecule has 106 valence electrons. The summed E-state index contributed by atoms with van der Waals surface area (Å²) in [4.78, 5) is 0. The first-order valence-corrected chi connectivity index (χ1v) is 7.57. The van der Waals surface area contributed by atoms with Crippen LogP contribution in [0.4, 0.5) is 4.39 Å². The van der Waals surface area contributed by atoms with Crippen molar-refractivity contribution in [3.63, 3.8) is 0 Å². The first kappa shape index (κ1) is 14.8. The summed E-state index contributed by atoms with van der Waals surface area (Å²) in [7, 11) is 0. The Kier molecular flexibility index (Phi) is 4.86. The van der Waals surface area contributed by atoms with Crippen LogP contribution in [0.5, 0.6) is 0 Å². The molecule has 1 nitrogen and oxygen atoms in total. The molecule has 1 atom stereocenters. The SMILES string of the molecule is CCCNCC(C)(Cc1ccc(F)c(Cl)c1)C1CC1. The molecule has 0 bridgehead atoms. The van der Waals surface area contributed by atoms with Crippen molar-refractivity contribution < 1.29 is 4.39 Å². The van der Waals surface area contributed by atoms with E-state index in [1.54, 1.807) is 6.07 Å². The zero-order valence-electron chi connectivity index (χ0n) is 11.8. The molecule has 0 saturated heterocycles. The minimum Gasteiger partial charge on any atom is -0.316 e. The first-order valence-electron chi connectivity index (χ1n) is 7.20. The van der Waals surface area contributed by atoms with E-state index in [4.69, 9.17) is 11.6 Å². The average Bonchev–Trinajstić information content (AvgIpc) is 3.19. The van der Waals surface area contributed by atoms with Gasteiger partial charge in [-0.05, 0) is 61.3 Å². The standard InChI is InChI=1S/C16H23ClFN/c1-3-8-19-11-16(2,13-5-6-13)10-12-4-7-15(18)14(17)9-12/h4,7,9,13,19H,3,5-6,8,10-11H2,1-2H3. The number of hydrogen-bond donors (Lipinski definition) is 1. The molecule has 19 heavy (non-hydrogen) atoms. The largest absolute Gasteiger partial charge is 0.316 e. The molecule has 1 saturated carbocycles. The monoisotopic (exact) mass is 283 g/mol. The zero-order valence-corrected chi connectivity index (χ0v) is 12.6. The fourth-order valence-electron chi connectivity index (χ4n) is 2.80. The summed E-state index contributed by atoms with van der Waals surface area (Å²) in [5.41, 5.74) is 1.40. The van der Waals surface area contributed by atoms with Gasteiger partial charge in [0.1, 0.15) is 5.82 Å². The van der Waals surface area contributed by atoms with Gasteiger partial charge in [-0.1, -0.05) is 31.5 Å². The number of halogens is 2. The van der Waals surface area contributed by atoms with Crippen LogP contribution in [0, 0.1) is 17.2 Å². The van der Waals surface area contributed by atoms with Gasteiger partial charge in [-0.25, -0.2) is 4.39 Å². The lowest BCUT2D eigenvalue weighted by molar-refractivity contribution is 0.256. The van der Waals surface area contributed by atoms with Gasteiger partial charge in [0.25, 0.3) is 0 Å². The maximum Gasteiger partial charge on any atom is 0.141 e. The van der Waals surface area contributed by atoms with Crippen molar-refractivity contribution in [2.45, 2.75) is 39.5 Å². The van der Waals surface area contributed by atoms with Crippen LogP contribution in [0.15, 0.2) is 18.2 Å². The Bertz CT molecular complexity index is 431. The molecule has 0 aromatic heterocycles. The molecule has 2 rings (SSSR count). The second-order valence-electron chi connectivity index (χ2n) is 6.03. The van der Waals surface area contributed by atoms with Gasteiger partial charge < -0.3 is 5.32 Å². The average molecular weight is 284 g/mol. The van der Waals surface area contributed by atoms with Crippen LogP contribution in [0.1, 0.15) is 38.7 Å². The first-order chi connectivity index (χ1) is 9.05. The van der Waals surface area contributed by atoms with Crippen molar-refractivity contribution >= 4 is 11.6 Å². The summed E-state index contributed by atoms with van der Waals surface area (Å²) in [5.74, 6) is 0.461. The summed E-state index contributed by atoms with van der Waals surface area (Å²) in [6.45, 7) is 6.61. The molecule has 1 aliphatic carbocycles. The highest BCUT2D eigenvalue weighted by atomic mass is 35.5. The summed E-state index contributed by atoms with van der Waals surface area (Å²) in [6, 6.07) is 5.11. The third-order valence-electron chi connectivity index (χ3n) is 4.11. The van der Waals surface area contributed by atoms with E-state index in [0.29, 0.717) is 0 Å². The van der Waals surface area contributed by atoms with Crippen molar-refractivity contribution in [3.05, 3.63) is 34.6 Å². The van der Waals surface area contributed by atoms with Crippen LogP contribution in [-0.2, 0) is 6.42 Å². The predicted octanol–water partition coefficient (Wildman–Crippen LogP) is 4.44. The Balaban J connectivity index is 2.04. The molecule has 3 heteroatoms. The molecule has 1 aliphatic rings. The Morgan fingerprint density at radius 1 is 1.42 bits per heavy atom. The van der Waals surface area contributed by atoms with Crippen molar-refractivity contribution in [2.24, 2.45) is 11.3 Å². The van der Waals surface area contributed by atoms with E-state index in [1.807, 2.05) is 6.07 Å². The Labute approximate surface area is 120 Å². The smallest absolute Gasteiger partial charge is 0.141 e. The summed E-state index contributed by atoms with van der Waals surface area (Å²) < 4.78 is 13.2. The zero-order chi connectivity index (χ0) is 13.9. The van der Waals surface area contributed by atoms with E-state index in [2.05, 4.69) is 19.2 Å². The second-order valence-corrected chi connectivity index (χ2v) is 6.44. The molecule has 1 N–H and O–H groups in total. The van der Waals surface area contributed by atoms with Gasteiger partial charge in [-0.3, -0.25) is 0 Å². The van der Waals surface area contributed by atoms with Crippen LogP contribution in [0.2, 0.25) is 5.02 Å². The molecule has 0 spiro atoms. The molecule has 0 amide bonds. The Hall–Kier alpha value is -0.600. The van der Waals surface area contributed by atoms with E-state index in [9.17, 15) is 4.39 Å². The minimum atomic E-state index is -0.331. The number of nitrogens with one attached hydrogen (secondary N) is 1. The number of rotatable bonds is 7. The van der Waals surface area contributed by atoms with Crippen LogP contribution >= 0.6 is 11.6 Å². The normalized spacial score (nSPS) is 18.3. The lowest BCUT2D eigenvalue weighted by atomic mass is 9.79. The highest BCUT2D eigenvalue weighted by Gasteiger charge is 2.41. The van der Waals surface area contributed by atoms with Gasteiger partial charge in [0.2, 0.25) is 0 Å². The van der Waals surface area contributed by atoms with Crippen molar-refractivity contribution in [3.8, 4) is 0 Å². The van der Waals surface area contributed by atoms with Crippen LogP contribution in [0.25, 0.3) is 0 Å². The summed E-state index contributed by atoms with van der Waals surface area (Å²) >= 11 is 5.87. The third kappa shape index (κ3) is 3.93. The number of benzene rings is 1. The van der Waals surface area contributed by atoms with E-state index >= 15 is 0 Å². The van der Waals surface area contributed by atoms with Crippen LogP contribution in [0.3, 0.4) is 0 Å². The quantitative estimate of drug-likeness (QED) is 0.730. The summed E-state index contributed by atoms with van der Waals surface area (Å²) in [5, 5.41) is 3.77. The van der Waals surface area contributed by atoms with Crippen LogP contribution in [-0.4, -0.2) is 13.1 Å². The Morgan fingerprint density at radius 2 is 2.16 bits per heavy atom. The van der Waals surface area contributed by atoms with E-state index in [1.165, 1.54) is 18.9 Å². The van der Waals surface area contributed by atoms with Crippen molar-refractivity contribution in [2.75, 3.05) is 13.1 Å². The van der Waals surface area contributed by atoms with Gasteiger partial charge in [0.05, 0.1) is 5.02 Å². The lowest BCUT2D eigenvalue weighted by Gasteiger charge is -2.30. The van der Waals surface area contributed by atoms with Gasteiger partial charge in [0, 0.05) is 6.54 Å². The van der Waals surface area contributed by atoms with E-state index in [-0.39, 0.29) is 16.3 Å². The molecular weight excluding hydrogens is 261 g/mol. The van der Waals surface area contributed by atoms with Gasteiger partial charge in [-0.2, -0.15) is 0 Å². The number of hydrogen-bond acceptors (Lipinski definition) is 1. The summed E-state index contributed by atoms with van der Waals surface area (Å²) in [6.07, 6.45) is 4.76. The molecule has 1 aromatic rings. The van der Waals surface area contributed by atoms with Gasteiger partial charge in [-0.15, -0.1) is 0 Å². The lowest BCUT2D eigenvalue weighted by Crippen LogP contribution is -2.36. The topological polar surface area (TPSA) is 12.0 Å². The highest BCUT2D eigenvalue weighted by Crippen LogP contribution is 2.47. The highest BCUT2D eigenvalue weighted by molar-refractivity contribution is 6.30. The minimum absolute atomic E-state index is 0.233. The maximum absolute atomic E-state index is 13.2. The predicted molar refractivity (Wildman–Crippen MR) is 79.1 cm³/mol. The van der Waals surface area contributed by atoms with E-state index < -0.39 is 0 Å². The maximum atomic E-state index is 13.2. The second kappa shape index (κ2) is 6.23. The molecule has 0 aliphatic heterocycles. The fourth-order valence-corrected chi connectivity index (χ4v) is 3.00. The van der Waals surface area contributed by atoms with Crippen molar-refractivity contribution in [1.82, 2.24) is 5.32 Å². The van der Waals surface area contributed by atoms with Gasteiger partial charge in [0.15, 0.2) is 0 Å². The molecule has 0 radical (unpaired) electrons. The fraction of sp³-hybridized carbons (Fsp3) is 0.625.